The Bertz CT molecular complexity index is 463. The van der Waals surface area contributed by atoms with Crippen LogP contribution >= 0.6 is 0 Å². The number of nitro benzene ring substituents is 1. The number of rotatable bonds is 3. The second-order valence-electron chi connectivity index (χ2n) is 3.48. The van der Waals surface area contributed by atoms with Gasteiger partial charge in [0.1, 0.15) is 5.69 Å². The second kappa shape index (κ2) is 4.16. The van der Waals surface area contributed by atoms with E-state index < -0.39 is 4.92 Å². The van der Waals surface area contributed by atoms with E-state index in [4.69, 9.17) is 10.00 Å². The zero-order valence-electron chi connectivity index (χ0n) is 8.34. The Morgan fingerprint density at radius 1 is 1.56 bits per heavy atom. The molecule has 1 aromatic rings. The summed E-state index contributed by atoms with van der Waals surface area (Å²) in [6, 6.07) is 6.29. The Morgan fingerprint density at radius 2 is 2.31 bits per heavy atom. The van der Waals surface area contributed by atoms with E-state index in [1.807, 2.05) is 6.07 Å². The summed E-state index contributed by atoms with van der Waals surface area (Å²) in [6.07, 6.45) is 0. The van der Waals surface area contributed by atoms with E-state index in [-0.39, 0.29) is 11.7 Å². The highest BCUT2D eigenvalue weighted by Gasteiger charge is 2.22. The fourth-order valence-electron chi connectivity index (χ4n) is 1.42. The van der Waals surface area contributed by atoms with Gasteiger partial charge in [0.25, 0.3) is 5.69 Å². The predicted octanol–water partition coefficient (Wildman–Crippen LogP) is 1.28. The molecule has 0 aliphatic carbocycles. The molecule has 0 bridgehead atoms. The van der Waals surface area contributed by atoms with E-state index in [0.717, 1.165) is 0 Å². The molecule has 1 fully saturated rings. The van der Waals surface area contributed by atoms with E-state index in [1.165, 1.54) is 18.2 Å². The van der Waals surface area contributed by atoms with Crippen LogP contribution in [0.25, 0.3) is 0 Å². The maximum absolute atomic E-state index is 10.8. The molecule has 6 heteroatoms. The van der Waals surface area contributed by atoms with Gasteiger partial charge in [-0.25, -0.2) is 0 Å². The number of nitrogens with zero attached hydrogens (tertiary/aromatic N) is 2. The van der Waals surface area contributed by atoms with Crippen molar-refractivity contribution in [3.63, 3.8) is 0 Å². The molecule has 2 rings (SSSR count). The number of anilines is 1. The lowest BCUT2D eigenvalue weighted by atomic mass is 10.1. The van der Waals surface area contributed by atoms with Gasteiger partial charge in [-0.2, -0.15) is 5.26 Å². The summed E-state index contributed by atoms with van der Waals surface area (Å²) >= 11 is 0. The fraction of sp³-hybridized carbons (Fsp3) is 0.300. The fourth-order valence-corrected chi connectivity index (χ4v) is 1.42. The van der Waals surface area contributed by atoms with Crippen molar-refractivity contribution in [3.8, 4) is 6.07 Å². The summed E-state index contributed by atoms with van der Waals surface area (Å²) in [4.78, 5) is 10.3. The minimum atomic E-state index is -0.469. The standard InChI is InChI=1S/C10H9N3O3/c11-4-7-1-2-10(13(14)15)9(3-7)12-8-5-16-6-8/h1-3,8,12H,5-6H2. The maximum atomic E-state index is 10.8. The first-order chi connectivity index (χ1) is 7.70. The molecule has 1 N–H and O–H groups in total. The van der Waals surface area contributed by atoms with Gasteiger partial charge in [0.2, 0.25) is 0 Å². The first kappa shape index (κ1) is 10.4. The largest absolute Gasteiger partial charge is 0.377 e. The summed E-state index contributed by atoms with van der Waals surface area (Å²) in [7, 11) is 0. The van der Waals surface area contributed by atoms with Crippen molar-refractivity contribution in [2.75, 3.05) is 18.5 Å². The molecule has 0 saturated carbocycles. The average molecular weight is 219 g/mol. The Balaban J connectivity index is 2.30. The normalized spacial score (nSPS) is 14.9. The first-order valence-electron chi connectivity index (χ1n) is 4.73. The summed E-state index contributed by atoms with van der Waals surface area (Å²) in [5, 5.41) is 22.5. The highest BCUT2D eigenvalue weighted by Crippen LogP contribution is 2.26. The van der Waals surface area contributed by atoms with E-state index in [9.17, 15) is 10.1 Å². The van der Waals surface area contributed by atoms with Gasteiger partial charge in [0, 0.05) is 6.07 Å². The number of ether oxygens (including phenoxy) is 1. The lowest BCUT2D eigenvalue weighted by Crippen LogP contribution is -2.40. The molecule has 0 radical (unpaired) electrons. The molecule has 6 nitrogen and oxygen atoms in total. The number of nitro groups is 1. The highest BCUT2D eigenvalue weighted by molar-refractivity contribution is 5.64. The number of nitriles is 1. The molecule has 0 aromatic heterocycles. The molecule has 1 aromatic carbocycles. The zero-order valence-corrected chi connectivity index (χ0v) is 8.34. The Hall–Kier alpha value is -2.13. The third-order valence-electron chi connectivity index (χ3n) is 2.32. The van der Waals surface area contributed by atoms with Crippen LogP contribution in [-0.2, 0) is 4.74 Å². The number of hydrogen-bond donors (Lipinski definition) is 1. The Morgan fingerprint density at radius 3 is 2.81 bits per heavy atom. The second-order valence-corrected chi connectivity index (χ2v) is 3.48. The molecule has 1 saturated heterocycles. The maximum Gasteiger partial charge on any atom is 0.292 e. The van der Waals surface area contributed by atoms with E-state index in [0.29, 0.717) is 24.5 Å². The zero-order chi connectivity index (χ0) is 11.5. The SMILES string of the molecule is N#Cc1ccc([N+](=O)[O-])c(NC2COC2)c1. The van der Waals surface area contributed by atoms with Crippen LogP contribution in [0.3, 0.4) is 0 Å². The summed E-state index contributed by atoms with van der Waals surface area (Å²) in [5.74, 6) is 0. The summed E-state index contributed by atoms with van der Waals surface area (Å²) in [6.45, 7) is 1.07. The summed E-state index contributed by atoms with van der Waals surface area (Å²) in [5.41, 5.74) is 0.747. The van der Waals surface area contributed by atoms with Gasteiger partial charge in [0.15, 0.2) is 0 Å². The monoisotopic (exact) mass is 219 g/mol. The smallest absolute Gasteiger partial charge is 0.292 e. The van der Waals surface area contributed by atoms with Crippen LogP contribution in [0.2, 0.25) is 0 Å². The lowest BCUT2D eigenvalue weighted by molar-refractivity contribution is -0.384. The third-order valence-corrected chi connectivity index (χ3v) is 2.32. The van der Waals surface area contributed by atoms with Gasteiger partial charge in [-0.05, 0) is 12.1 Å². The summed E-state index contributed by atoms with van der Waals surface area (Å²) < 4.78 is 4.97. The van der Waals surface area contributed by atoms with Gasteiger partial charge >= 0.3 is 0 Å². The molecule has 1 heterocycles. The quantitative estimate of drug-likeness (QED) is 0.611. The molecule has 1 aliphatic rings. The van der Waals surface area contributed by atoms with Crippen LogP contribution in [-0.4, -0.2) is 24.2 Å². The predicted molar refractivity (Wildman–Crippen MR) is 56.0 cm³/mol. The minimum absolute atomic E-state index is 0.0223. The molecular weight excluding hydrogens is 210 g/mol. The first-order valence-corrected chi connectivity index (χ1v) is 4.73. The molecule has 0 atom stereocenters. The number of hydrogen-bond acceptors (Lipinski definition) is 5. The van der Waals surface area contributed by atoms with Crippen molar-refractivity contribution in [2.24, 2.45) is 0 Å². The van der Waals surface area contributed by atoms with Gasteiger partial charge in [-0.1, -0.05) is 0 Å². The molecule has 16 heavy (non-hydrogen) atoms. The van der Waals surface area contributed by atoms with Crippen molar-refractivity contribution in [2.45, 2.75) is 6.04 Å². The molecule has 1 aliphatic heterocycles. The number of benzene rings is 1. The highest BCUT2D eigenvalue weighted by atomic mass is 16.6. The van der Waals surface area contributed by atoms with Gasteiger partial charge in [-0.15, -0.1) is 0 Å². The van der Waals surface area contributed by atoms with Gasteiger partial charge in [0.05, 0.1) is 35.8 Å². The lowest BCUT2D eigenvalue weighted by Gasteiger charge is -2.27. The van der Waals surface area contributed by atoms with Crippen LogP contribution in [0.5, 0.6) is 0 Å². The van der Waals surface area contributed by atoms with E-state index >= 15 is 0 Å². The molecule has 0 amide bonds. The van der Waals surface area contributed by atoms with Crippen molar-refractivity contribution >= 4 is 11.4 Å². The Labute approximate surface area is 91.6 Å². The van der Waals surface area contributed by atoms with Crippen molar-refractivity contribution in [1.82, 2.24) is 0 Å². The minimum Gasteiger partial charge on any atom is -0.377 e. The van der Waals surface area contributed by atoms with Crippen LogP contribution in [0.1, 0.15) is 5.56 Å². The van der Waals surface area contributed by atoms with E-state index in [1.54, 1.807) is 0 Å². The van der Waals surface area contributed by atoms with Crippen LogP contribution < -0.4 is 5.32 Å². The third kappa shape index (κ3) is 1.94. The average Bonchev–Trinajstić information content (AvgIpc) is 2.22. The van der Waals surface area contributed by atoms with Crippen molar-refractivity contribution in [3.05, 3.63) is 33.9 Å². The molecule has 0 unspecified atom stereocenters. The number of nitrogens with one attached hydrogen (secondary N) is 1. The Kier molecular flexibility index (Phi) is 2.70. The molecule has 0 spiro atoms. The van der Waals surface area contributed by atoms with Gasteiger partial charge < -0.3 is 10.1 Å². The van der Waals surface area contributed by atoms with Crippen LogP contribution in [0.15, 0.2) is 18.2 Å². The van der Waals surface area contributed by atoms with Crippen LogP contribution in [0, 0.1) is 21.4 Å². The van der Waals surface area contributed by atoms with Crippen molar-refractivity contribution in [1.29, 1.82) is 5.26 Å². The topological polar surface area (TPSA) is 88.2 Å². The van der Waals surface area contributed by atoms with E-state index in [2.05, 4.69) is 5.32 Å². The van der Waals surface area contributed by atoms with Crippen LogP contribution in [0.4, 0.5) is 11.4 Å². The van der Waals surface area contributed by atoms with Gasteiger partial charge in [-0.3, -0.25) is 10.1 Å². The van der Waals surface area contributed by atoms with Crippen molar-refractivity contribution < 1.29 is 9.66 Å². The molecule has 82 valence electrons. The molecular formula is C10H9N3O3.